The monoisotopic (exact) mass is 322 g/mol. The van der Waals surface area contributed by atoms with E-state index in [1.807, 2.05) is 35.2 Å². The molecular formula is C20H22N2O2. The molecule has 4 nitrogen and oxygen atoms in total. The second-order valence-electron chi connectivity index (χ2n) is 6.63. The van der Waals surface area contributed by atoms with E-state index in [9.17, 15) is 4.79 Å². The van der Waals surface area contributed by atoms with Crippen LogP contribution in [0.4, 0.5) is 0 Å². The van der Waals surface area contributed by atoms with E-state index >= 15 is 0 Å². The molecular weight excluding hydrogens is 300 g/mol. The number of ether oxygens (including phenoxy) is 1. The number of allylic oxidation sites excluding steroid dienone is 2. The summed E-state index contributed by atoms with van der Waals surface area (Å²) in [5.74, 6) is 1.27. The van der Waals surface area contributed by atoms with E-state index in [1.165, 1.54) is 0 Å². The maximum Gasteiger partial charge on any atom is 0.226 e. The molecule has 0 saturated carbocycles. The summed E-state index contributed by atoms with van der Waals surface area (Å²) in [4.78, 5) is 19.1. The number of hydrogen-bond donors (Lipinski definition) is 0. The SMILES string of the molecule is O=C([C@@H]1CC=CCC1)N1CC[C@H](Oc2cccc3cccnc23)C1. The minimum absolute atomic E-state index is 0.0562. The van der Waals surface area contributed by atoms with Crippen molar-refractivity contribution in [3.63, 3.8) is 0 Å². The second kappa shape index (κ2) is 6.63. The quantitative estimate of drug-likeness (QED) is 0.811. The molecule has 1 aliphatic carbocycles. The van der Waals surface area contributed by atoms with Crippen LogP contribution >= 0.6 is 0 Å². The van der Waals surface area contributed by atoms with Gasteiger partial charge in [0.15, 0.2) is 0 Å². The van der Waals surface area contributed by atoms with Gasteiger partial charge in [0.05, 0.1) is 6.54 Å². The van der Waals surface area contributed by atoms with Crippen molar-refractivity contribution in [3.8, 4) is 5.75 Å². The summed E-state index contributed by atoms with van der Waals surface area (Å²) >= 11 is 0. The molecule has 4 rings (SSSR count). The second-order valence-corrected chi connectivity index (χ2v) is 6.63. The summed E-state index contributed by atoms with van der Waals surface area (Å²) < 4.78 is 6.19. The molecule has 0 unspecified atom stereocenters. The average Bonchev–Trinajstić information content (AvgIpc) is 3.11. The van der Waals surface area contributed by atoms with Gasteiger partial charge in [0, 0.05) is 30.5 Å². The Morgan fingerprint density at radius 2 is 2.08 bits per heavy atom. The number of likely N-dealkylation sites (tertiary alicyclic amines) is 1. The lowest BCUT2D eigenvalue weighted by Crippen LogP contribution is -2.36. The Labute approximate surface area is 142 Å². The molecule has 2 heterocycles. The van der Waals surface area contributed by atoms with E-state index < -0.39 is 0 Å². The van der Waals surface area contributed by atoms with Crippen molar-refractivity contribution in [2.45, 2.75) is 31.8 Å². The lowest BCUT2D eigenvalue weighted by Gasteiger charge is -2.24. The van der Waals surface area contributed by atoms with Gasteiger partial charge in [-0.1, -0.05) is 30.4 Å². The van der Waals surface area contributed by atoms with Gasteiger partial charge in [0.2, 0.25) is 5.91 Å². The molecule has 1 aliphatic heterocycles. The van der Waals surface area contributed by atoms with Crippen LogP contribution in [0.1, 0.15) is 25.7 Å². The fraction of sp³-hybridized carbons (Fsp3) is 0.400. The third kappa shape index (κ3) is 3.01. The molecule has 2 atom stereocenters. The van der Waals surface area contributed by atoms with Crippen molar-refractivity contribution in [1.82, 2.24) is 9.88 Å². The molecule has 24 heavy (non-hydrogen) atoms. The number of carbonyl (C=O) groups excluding carboxylic acids is 1. The molecule has 0 N–H and O–H groups in total. The van der Waals surface area contributed by atoms with Gasteiger partial charge in [0.1, 0.15) is 17.4 Å². The average molecular weight is 322 g/mol. The normalized spacial score (nSPS) is 23.6. The van der Waals surface area contributed by atoms with Gasteiger partial charge in [-0.2, -0.15) is 0 Å². The summed E-state index contributed by atoms with van der Waals surface area (Å²) in [7, 11) is 0. The number of rotatable bonds is 3. The van der Waals surface area contributed by atoms with Crippen LogP contribution in [-0.4, -0.2) is 35.0 Å². The van der Waals surface area contributed by atoms with Crippen molar-refractivity contribution >= 4 is 16.8 Å². The number of benzene rings is 1. The number of aromatic nitrogens is 1. The standard InChI is InChI=1S/C20H22N2O2/c23-20(16-6-2-1-3-7-16)22-13-11-17(14-22)24-18-10-4-8-15-9-5-12-21-19(15)18/h1-2,4-5,8-10,12,16-17H,3,6-7,11,13-14H2/t16-,17+/m1/s1. The lowest BCUT2D eigenvalue weighted by molar-refractivity contribution is -0.135. The Hall–Kier alpha value is -2.36. The molecule has 2 aromatic rings. The van der Waals surface area contributed by atoms with Crippen LogP contribution in [0.25, 0.3) is 10.9 Å². The van der Waals surface area contributed by atoms with Crippen LogP contribution in [0.3, 0.4) is 0 Å². The van der Waals surface area contributed by atoms with Crippen molar-refractivity contribution in [2.24, 2.45) is 5.92 Å². The molecule has 0 radical (unpaired) electrons. The Bertz CT molecular complexity index is 766. The molecule has 1 aromatic heterocycles. The van der Waals surface area contributed by atoms with E-state index in [0.717, 1.165) is 48.9 Å². The van der Waals surface area contributed by atoms with Crippen molar-refractivity contribution in [1.29, 1.82) is 0 Å². The van der Waals surface area contributed by atoms with Crippen LogP contribution in [0.5, 0.6) is 5.75 Å². The topological polar surface area (TPSA) is 42.4 Å². The number of fused-ring (bicyclic) bond motifs is 1. The number of hydrogen-bond acceptors (Lipinski definition) is 3. The maximum atomic E-state index is 12.6. The van der Waals surface area contributed by atoms with Gasteiger partial charge in [-0.25, -0.2) is 0 Å². The molecule has 0 bridgehead atoms. The molecule has 0 spiro atoms. The third-order valence-corrected chi connectivity index (χ3v) is 4.96. The number of para-hydroxylation sites is 1. The van der Waals surface area contributed by atoms with E-state index in [-0.39, 0.29) is 12.0 Å². The minimum atomic E-state index is 0.0562. The van der Waals surface area contributed by atoms with Crippen LogP contribution in [0, 0.1) is 5.92 Å². The van der Waals surface area contributed by atoms with Gasteiger partial charge >= 0.3 is 0 Å². The molecule has 1 fully saturated rings. The van der Waals surface area contributed by atoms with Gasteiger partial charge < -0.3 is 9.64 Å². The third-order valence-electron chi connectivity index (χ3n) is 4.96. The fourth-order valence-corrected chi connectivity index (χ4v) is 3.65. The molecule has 1 saturated heterocycles. The predicted octanol–water partition coefficient (Wildman–Crippen LogP) is 3.57. The van der Waals surface area contributed by atoms with Crippen LogP contribution in [0.15, 0.2) is 48.7 Å². The zero-order valence-electron chi connectivity index (χ0n) is 13.7. The summed E-state index contributed by atoms with van der Waals surface area (Å²) in [5.41, 5.74) is 0.891. The highest BCUT2D eigenvalue weighted by Crippen LogP contribution is 2.28. The summed E-state index contributed by atoms with van der Waals surface area (Å²) in [6.45, 7) is 1.48. The van der Waals surface area contributed by atoms with Crippen molar-refractivity contribution in [2.75, 3.05) is 13.1 Å². The van der Waals surface area contributed by atoms with E-state index in [2.05, 4.69) is 17.1 Å². The highest BCUT2D eigenvalue weighted by molar-refractivity contribution is 5.84. The maximum absolute atomic E-state index is 12.6. The first-order valence-electron chi connectivity index (χ1n) is 8.75. The summed E-state index contributed by atoms with van der Waals surface area (Å²) in [5, 5.41) is 1.08. The van der Waals surface area contributed by atoms with Crippen molar-refractivity contribution in [3.05, 3.63) is 48.7 Å². The highest BCUT2D eigenvalue weighted by Gasteiger charge is 2.31. The first-order chi connectivity index (χ1) is 11.8. The Morgan fingerprint density at radius 3 is 2.96 bits per heavy atom. The lowest BCUT2D eigenvalue weighted by atomic mass is 9.93. The zero-order chi connectivity index (χ0) is 16.4. The van der Waals surface area contributed by atoms with Gasteiger partial charge in [0.25, 0.3) is 0 Å². The smallest absolute Gasteiger partial charge is 0.226 e. The largest absolute Gasteiger partial charge is 0.486 e. The van der Waals surface area contributed by atoms with Crippen LogP contribution in [-0.2, 0) is 4.79 Å². The van der Waals surface area contributed by atoms with E-state index in [4.69, 9.17) is 4.74 Å². The van der Waals surface area contributed by atoms with Gasteiger partial charge in [-0.05, 0) is 31.4 Å². The first-order valence-corrected chi connectivity index (χ1v) is 8.75. The fourth-order valence-electron chi connectivity index (χ4n) is 3.65. The minimum Gasteiger partial charge on any atom is -0.486 e. The van der Waals surface area contributed by atoms with E-state index in [1.54, 1.807) is 6.20 Å². The zero-order valence-corrected chi connectivity index (χ0v) is 13.7. The predicted molar refractivity (Wildman–Crippen MR) is 93.8 cm³/mol. The van der Waals surface area contributed by atoms with Gasteiger partial charge in [-0.3, -0.25) is 9.78 Å². The molecule has 2 aliphatic rings. The number of nitrogens with zero attached hydrogens (tertiary/aromatic N) is 2. The summed E-state index contributed by atoms with van der Waals surface area (Å²) in [6.07, 6.45) is 9.92. The number of carbonyl (C=O) groups is 1. The molecule has 1 amide bonds. The Balaban J connectivity index is 1.43. The highest BCUT2D eigenvalue weighted by atomic mass is 16.5. The first kappa shape index (κ1) is 15.2. The Kier molecular flexibility index (Phi) is 4.20. The van der Waals surface area contributed by atoms with E-state index in [0.29, 0.717) is 12.5 Å². The Morgan fingerprint density at radius 1 is 1.17 bits per heavy atom. The van der Waals surface area contributed by atoms with Crippen LogP contribution < -0.4 is 4.74 Å². The van der Waals surface area contributed by atoms with Crippen LogP contribution in [0.2, 0.25) is 0 Å². The molecule has 4 heteroatoms. The molecule has 1 aromatic carbocycles. The molecule has 124 valence electrons. The number of amides is 1. The number of pyridine rings is 1. The van der Waals surface area contributed by atoms with Crippen molar-refractivity contribution < 1.29 is 9.53 Å². The summed E-state index contributed by atoms with van der Waals surface area (Å²) in [6, 6.07) is 9.96. The van der Waals surface area contributed by atoms with Gasteiger partial charge in [-0.15, -0.1) is 0 Å².